The fraction of sp³-hybridized carbons (Fsp3) is 0.600. The fourth-order valence-electron chi connectivity index (χ4n) is 3.29. The van der Waals surface area contributed by atoms with Crippen LogP contribution in [0.25, 0.3) is 0 Å². The van der Waals surface area contributed by atoms with Crippen LogP contribution >= 0.6 is 0 Å². The number of amides is 2. The van der Waals surface area contributed by atoms with Crippen molar-refractivity contribution in [2.75, 3.05) is 19.6 Å². The quantitative estimate of drug-likeness (QED) is 0.609. The zero-order valence-corrected chi connectivity index (χ0v) is 17.0. The van der Waals surface area contributed by atoms with Crippen molar-refractivity contribution in [1.29, 1.82) is 0 Å². The van der Waals surface area contributed by atoms with Crippen LogP contribution in [0.15, 0.2) is 18.2 Å². The van der Waals surface area contributed by atoms with Gasteiger partial charge < -0.3 is 15.0 Å². The highest BCUT2D eigenvalue weighted by atomic mass is 16.6. The number of likely N-dealkylation sites (tertiary alicyclic amines) is 1. The molecule has 1 unspecified atom stereocenters. The first-order valence-electron chi connectivity index (χ1n) is 9.58. The van der Waals surface area contributed by atoms with Crippen LogP contribution in [0.3, 0.4) is 0 Å². The van der Waals surface area contributed by atoms with Gasteiger partial charge in [-0.1, -0.05) is 0 Å². The molecule has 1 atom stereocenters. The molecule has 0 aliphatic carbocycles. The van der Waals surface area contributed by atoms with Crippen molar-refractivity contribution < 1.29 is 19.2 Å². The van der Waals surface area contributed by atoms with Crippen LogP contribution in [0.1, 0.15) is 56.0 Å². The van der Waals surface area contributed by atoms with Crippen LogP contribution < -0.4 is 5.32 Å². The second-order valence-corrected chi connectivity index (χ2v) is 8.24. The Kier molecular flexibility index (Phi) is 6.99. The fourth-order valence-corrected chi connectivity index (χ4v) is 3.29. The van der Waals surface area contributed by atoms with Crippen LogP contribution in [0.5, 0.6) is 0 Å². The van der Waals surface area contributed by atoms with E-state index >= 15 is 0 Å². The van der Waals surface area contributed by atoms with E-state index in [4.69, 9.17) is 4.74 Å². The molecule has 0 aromatic heterocycles. The minimum Gasteiger partial charge on any atom is -0.444 e. The Morgan fingerprint density at radius 1 is 1.36 bits per heavy atom. The highest BCUT2D eigenvalue weighted by Gasteiger charge is 2.27. The van der Waals surface area contributed by atoms with Crippen LogP contribution in [0.4, 0.5) is 10.5 Å². The number of nitrogens with one attached hydrogen (secondary N) is 1. The van der Waals surface area contributed by atoms with E-state index < -0.39 is 10.5 Å². The largest absolute Gasteiger partial charge is 0.444 e. The van der Waals surface area contributed by atoms with Gasteiger partial charge in [0.25, 0.3) is 11.6 Å². The summed E-state index contributed by atoms with van der Waals surface area (Å²) in [5.74, 6) is 0.0618. The van der Waals surface area contributed by atoms with Gasteiger partial charge in [0.15, 0.2) is 0 Å². The van der Waals surface area contributed by atoms with E-state index in [2.05, 4.69) is 5.32 Å². The van der Waals surface area contributed by atoms with E-state index in [1.54, 1.807) is 11.8 Å². The molecule has 0 saturated carbocycles. The van der Waals surface area contributed by atoms with E-state index in [-0.39, 0.29) is 17.7 Å². The molecule has 2 rings (SSSR count). The molecule has 154 valence electrons. The highest BCUT2D eigenvalue weighted by molar-refractivity contribution is 5.95. The molecule has 1 aromatic rings. The second-order valence-electron chi connectivity index (χ2n) is 8.24. The zero-order chi connectivity index (χ0) is 20.9. The topological polar surface area (TPSA) is 102 Å². The third-order valence-electron chi connectivity index (χ3n) is 4.67. The van der Waals surface area contributed by atoms with Crippen LogP contribution in [-0.4, -0.2) is 47.1 Å². The first-order valence-corrected chi connectivity index (χ1v) is 9.58. The monoisotopic (exact) mass is 391 g/mol. The number of aryl methyl sites for hydroxylation is 1. The highest BCUT2D eigenvalue weighted by Crippen LogP contribution is 2.22. The van der Waals surface area contributed by atoms with Gasteiger partial charge in [-0.05, 0) is 64.5 Å². The first-order chi connectivity index (χ1) is 13.1. The average molecular weight is 391 g/mol. The lowest BCUT2D eigenvalue weighted by molar-refractivity contribution is -0.384. The molecule has 2 amide bonds. The van der Waals surface area contributed by atoms with E-state index in [9.17, 15) is 19.7 Å². The minimum absolute atomic E-state index is 0.0292. The molecular weight excluding hydrogens is 362 g/mol. The molecule has 1 saturated heterocycles. The Morgan fingerprint density at radius 3 is 2.68 bits per heavy atom. The number of hydrogen-bond donors (Lipinski definition) is 1. The molecule has 1 N–H and O–H groups in total. The summed E-state index contributed by atoms with van der Waals surface area (Å²) in [4.78, 5) is 36.6. The molecule has 0 bridgehead atoms. The molecule has 28 heavy (non-hydrogen) atoms. The van der Waals surface area contributed by atoms with Gasteiger partial charge >= 0.3 is 6.09 Å². The molecule has 1 aromatic carbocycles. The summed E-state index contributed by atoms with van der Waals surface area (Å²) in [6.07, 6.45) is 2.39. The predicted molar refractivity (Wildman–Crippen MR) is 105 cm³/mol. The molecule has 1 aliphatic rings. The Hall–Kier alpha value is -2.64. The number of hydrogen-bond acceptors (Lipinski definition) is 5. The summed E-state index contributed by atoms with van der Waals surface area (Å²) in [6.45, 7) is 9.04. The molecule has 8 heteroatoms. The number of nitro benzene ring substituents is 1. The first kappa shape index (κ1) is 21.7. The lowest BCUT2D eigenvalue weighted by Crippen LogP contribution is -2.43. The average Bonchev–Trinajstić information content (AvgIpc) is 2.60. The molecular formula is C20H29N3O5. The maximum absolute atomic E-state index is 12.4. The van der Waals surface area contributed by atoms with Gasteiger partial charge in [-0.15, -0.1) is 0 Å². The zero-order valence-electron chi connectivity index (χ0n) is 17.0. The standard InChI is InChI=1S/C20H29N3O5/c1-14-12-16(23(26)27)7-8-17(14)18(24)21-10-9-15-6-5-11-22(13-15)19(25)28-20(2,3)4/h7-8,12,15H,5-6,9-11,13H2,1-4H3,(H,21,24). The molecule has 1 fully saturated rings. The van der Waals surface area contributed by atoms with Gasteiger partial charge in [0.05, 0.1) is 4.92 Å². The second kappa shape index (κ2) is 9.03. The van der Waals surface area contributed by atoms with Crippen LogP contribution in [0.2, 0.25) is 0 Å². The number of piperidine rings is 1. The van der Waals surface area contributed by atoms with E-state index in [0.717, 1.165) is 19.3 Å². The van der Waals surface area contributed by atoms with Crippen LogP contribution in [0, 0.1) is 23.0 Å². The lowest BCUT2D eigenvalue weighted by atomic mass is 9.95. The molecule has 1 heterocycles. The number of nitrogens with zero attached hydrogens (tertiary/aromatic N) is 2. The van der Waals surface area contributed by atoms with Crippen molar-refractivity contribution in [3.8, 4) is 0 Å². The number of nitro groups is 1. The summed E-state index contributed by atoms with van der Waals surface area (Å²) in [5.41, 5.74) is 0.462. The molecule has 8 nitrogen and oxygen atoms in total. The molecule has 0 radical (unpaired) electrons. The van der Waals surface area contributed by atoms with Gasteiger partial charge in [-0.3, -0.25) is 14.9 Å². The summed E-state index contributed by atoms with van der Waals surface area (Å²) in [6, 6.07) is 4.21. The van der Waals surface area contributed by atoms with Gasteiger partial charge in [0.2, 0.25) is 0 Å². The number of benzene rings is 1. The third kappa shape index (κ3) is 6.21. The Bertz CT molecular complexity index is 742. The van der Waals surface area contributed by atoms with E-state index in [1.807, 2.05) is 20.8 Å². The lowest BCUT2D eigenvalue weighted by Gasteiger charge is -2.34. The van der Waals surface area contributed by atoms with Crippen molar-refractivity contribution in [1.82, 2.24) is 10.2 Å². The Balaban J connectivity index is 1.83. The third-order valence-corrected chi connectivity index (χ3v) is 4.67. The predicted octanol–water partition coefficient (Wildman–Crippen LogP) is 3.67. The smallest absolute Gasteiger partial charge is 0.410 e. The van der Waals surface area contributed by atoms with Crippen molar-refractivity contribution in [2.24, 2.45) is 5.92 Å². The minimum atomic E-state index is -0.513. The SMILES string of the molecule is Cc1cc([N+](=O)[O-])ccc1C(=O)NCCC1CCCN(C(=O)OC(C)(C)C)C1. The summed E-state index contributed by atoms with van der Waals surface area (Å²) < 4.78 is 5.43. The van der Waals surface area contributed by atoms with Gasteiger partial charge in [-0.2, -0.15) is 0 Å². The number of carbonyl (C=O) groups excluding carboxylic acids is 2. The molecule has 0 spiro atoms. The van der Waals surface area contributed by atoms with Crippen molar-refractivity contribution in [3.63, 3.8) is 0 Å². The maximum Gasteiger partial charge on any atom is 0.410 e. The summed E-state index contributed by atoms with van der Waals surface area (Å²) >= 11 is 0. The Labute approximate surface area is 165 Å². The number of rotatable bonds is 5. The summed E-state index contributed by atoms with van der Waals surface area (Å²) in [7, 11) is 0. The van der Waals surface area contributed by atoms with Crippen LogP contribution in [-0.2, 0) is 4.74 Å². The number of non-ortho nitro benzene ring substituents is 1. The van der Waals surface area contributed by atoms with Gasteiger partial charge in [0.1, 0.15) is 5.60 Å². The molecule has 1 aliphatic heterocycles. The van der Waals surface area contributed by atoms with Crippen molar-refractivity contribution in [3.05, 3.63) is 39.4 Å². The van der Waals surface area contributed by atoms with E-state index in [0.29, 0.717) is 36.7 Å². The van der Waals surface area contributed by atoms with Gasteiger partial charge in [0, 0.05) is 37.3 Å². The normalized spacial score (nSPS) is 17.1. The number of ether oxygens (including phenoxy) is 1. The van der Waals surface area contributed by atoms with Gasteiger partial charge in [-0.25, -0.2) is 4.79 Å². The summed E-state index contributed by atoms with van der Waals surface area (Å²) in [5, 5.41) is 13.7. The van der Waals surface area contributed by atoms with Crippen molar-refractivity contribution in [2.45, 2.75) is 52.6 Å². The maximum atomic E-state index is 12.4. The van der Waals surface area contributed by atoms with Crippen molar-refractivity contribution >= 4 is 17.7 Å². The number of carbonyl (C=O) groups is 2. The Morgan fingerprint density at radius 2 is 2.07 bits per heavy atom. The van der Waals surface area contributed by atoms with E-state index in [1.165, 1.54) is 18.2 Å².